The fraction of sp³-hybridized carbons (Fsp3) is 0.240. The van der Waals surface area contributed by atoms with Gasteiger partial charge in [0.15, 0.2) is 47.4 Å². The van der Waals surface area contributed by atoms with Crippen LogP contribution in [0.1, 0.15) is 33.7 Å². The van der Waals surface area contributed by atoms with Crippen LogP contribution in [-0.2, 0) is 0 Å². The van der Waals surface area contributed by atoms with Crippen LogP contribution in [0.4, 0.5) is 0 Å². The molecular formula is C25H22O10. The number of Topliss-reactive ketones (excluding diaryl/α,β-unsaturated/α-hetero) is 1. The first kappa shape index (κ1) is 22.6. The Morgan fingerprint density at radius 1 is 0.829 bits per heavy atom. The van der Waals surface area contributed by atoms with E-state index in [2.05, 4.69) is 0 Å². The van der Waals surface area contributed by atoms with Crippen molar-refractivity contribution in [3.8, 4) is 40.2 Å². The highest BCUT2D eigenvalue weighted by molar-refractivity contribution is 6.05. The van der Waals surface area contributed by atoms with Gasteiger partial charge in [0, 0.05) is 17.7 Å². The highest BCUT2D eigenvalue weighted by Crippen LogP contribution is 2.45. The molecule has 0 bridgehead atoms. The number of hydrogen-bond acceptors (Lipinski definition) is 10. The van der Waals surface area contributed by atoms with Gasteiger partial charge < -0.3 is 44.5 Å². The van der Waals surface area contributed by atoms with E-state index < -0.39 is 35.9 Å². The number of ether oxygens (including phenoxy) is 4. The zero-order valence-electron chi connectivity index (χ0n) is 18.4. The third-order valence-corrected chi connectivity index (χ3v) is 6.00. The SMILES string of the molecule is COc1cc([C@H]2Oc3ccc([C@@H]4Oc5cc(O)cc(O)c5C(=O)[C@@H]4O)cc3O[C@@H]2CO)ccc1O. The zero-order chi connectivity index (χ0) is 24.9. The van der Waals surface area contributed by atoms with Crippen LogP contribution in [0.5, 0.6) is 40.2 Å². The Kier molecular flexibility index (Phi) is 5.54. The van der Waals surface area contributed by atoms with Gasteiger partial charge in [0.1, 0.15) is 22.8 Å². The molecule has 4 atom stereocenters. The lowest BCUT2D eigenvalue weighted by molar-refractivity contribution is -0.0130. The van der Waals surface area contributed by atoms with Crippen molar-refractivity contribution in [2.75, 3.05) is 13.7 Å². The predicted molar refractivity (Wildman–Crippen MR) is 119 cm³/mol. The van der Waals surface area contributed by atoms with Gasteiger partial charge in [-0.1, -0.05) is 12.1 Å². The van der Waals surface area contributed by atoms with Crippen molar-refractivity contribution in [3.63, 3.8) is 0 Å². The molecule has 10 nitrogen and oxygen atoms in total. The minimum absolute atomic E-state index is 0.0395. The van der Waals surface area contributed by atoms with Crippen LogP contribution in [0.2, 0.25) is 0 Å². The quantitative estimate of drug-likeness (QED) is 0.374. The average molecular weight is 482 g/mol. The minimum Gasteiger partial charge on any atom is -0.508 e. The highest BCUT2D eigenvalue weighted by atomic mass is 16.6. The average Bonchev–Trinajstić information content (AvgIpc) is 2.85. The Balaban J connectivity index is 1.46. The summed E-state index contributed by atoms with van der Waals surface area (Å²) in [6, 6.07) is 11.6. The van der Waals surface area contributed by atoms with Crippen LogP contribution in [0.15, 0.2) is 48.5 Å². The fourth-order valence-electron chi connectivity index (χ4n) is 4.28. The second-order valence-corrected chi connectivity index (χ2v) is 8.20. The van der Waals surface area contributed by atoms with Gasteiger partial charge in [-0.2, -0.15) is 0 Å². The van der Waals surface area contributed by atoms with E-state index in [4.69, 9.17) is 18.9 Å². The molecule has 3 aromatic carbocycles. The Hall–Kier alpha value is -4.15. The van der Waals surface area contributed by atoms with Gasteiger partial charge in [-0.3, -0.25) is 4.79 Å². The van der Waals surface area contributed by atoms with Gasteiger partial charge in [-0.15, -0.1) is 0 Å². The summed E-state index contributed by atoms with van der Waals surface area (Å²) < 4.78 is 23.0. The van der Waals surface area contributed by atoms with Gasteiger partial charge in [0.25, 0.3) is 0 Å². The van der Waals surface area contributed by atoms with Gasteiger partial charge in [0.05, 0.1) is 13.7 Å². The first-order chi connectivity index (χ1) is 16.8. The van der Waals surface area contributed by atoms with Crippen LogP contribution < -0.4 is 18.9 Å². The number of ketones is 1. The largest absolute Gasteiger partial charge is 0.508 e. The van der Waals surface area contributed by atoms with Crippen molar-refractivity contribution >= 4 is 5.78 Å². The summed E-state index contributed by atoms with van der Waals surface area (Å²) in [6.07, 6.45) is -4.27. The summed E-state index contributed by atoms with van der Waals surface area (Å²) in [4.78, 5) is 12.7. The van der Waals surface area contributed by atoms with E-state index in [9.17, 15) is 30.3 Å². The summed E-state index contributed by atoms with van der Waals surface area (Å²) in [5, 5.41) is 50.2. The Morgan fingerprint density at radius 3 is 2.29 bits per heavy atom. The molecule has 0 aliphatic carbocycles. The van der Waals surface area contributed by atoms with E-state index in [1.165, 1.54) is 25.3 Å². The number of aromatic hydroxyl groups is 3. The number of aliphatic hydroxyl groups excluding tert-OH is 2. The maximum absolute atomic E-state index is 12.7. The van der Waals surface area contributed by atoms with E-state index in [0.29, 0.717) is 16.9 Å². The monoisotopic (exact) mass is 482 g/mol. The number of carbonyl (C=O) groups excluding carboxylic acids is 1. The number of hydrogen-bond donors (Lipinski definition) is 5. The molecule has 2 heterocycles. The van der Waals surface area contributed by atoms with Crippen molar-refractivity contribution in [1.29, 1.82) is 0 Å². The minimum atomic E-state index is -1.62. The molecule has 0 radical (unpaired) electrons. The number of fused-ring (bicyclic) bond motifs is 2. The molecular weight excluding hydrogens is 460 g/mol. The standard InChI is InChI=1S/C25H22O10/c1-32-17-6-11(2-4-14(17)28)24-20(10-26)33-18-7-12(3-5-16(18)34-24)25-23(31)22(30)21-15(29)8-13(27)9-19(21)35-25/h2-9,20,23-29,31H,10H2,1H3/t20-,23+,24-,25+/m1/s1. The predicted octanol–water partition coefficient (Wildman–Crippen LogP) is 2.36. The number of phenols is 3. The number of aliphatic hydroxyl groups is 2. The van der Waals surface area contributed by atoms with E-state index in [1.807, 2.05) is 0 Å². The zero-order valence-corrected chi connectivity index (χ0v) is 18.4. The van der Waals surface area contributed by atoms with Crippen molar-refractivity contribution < 1.29 is 49.3 Å². The highest BCUT2D eigenvalue weighted by Gasteiger charge is 2.40. The normalized spacial score (nSPS) is 22.8. The number of phenolic OH excluding ortho intramolecular Hbond substituents is 3. The van der Waals surface area contributed by atoms with Gasteiger partial charge in [0.2, 0.25) is 5.78 Å². The maximum Gasteiger partial charge on any atom is 0.202 e. The van der Waals surface area contributed by atoms with E-state index >= 15 is 0 Å². The summed E-state index contributed by atoms with van der Waals surface area (Å²) in [5.41, 5.74) is 0.779. The molecule has 3 aromatic rings. The molecule has 0 saturated carbocycles. The molecule has 5 rings (SSSR count). The Labute approximate surface area is 199 Å². The topological polar surface area (TPSA) is 155 Å². The van der Waals surface area contributed by atoms with E-state index in [0.717, 1.165) is 6.07 Å². The molecule has 2 aliphatic rings. The van der Waals surface area contributed by atoms with Crippen LogP contribution in [0.3, 0.4) is 0 Å². The number of methoxy groups -OCH3 is 1. The molecule has 5 N–H and O–H groups in total. The molecule has 10 heteroatoms. The van der Waals surface area contributed by atoms with Crippen molar-refractivity contribution in [2.45, 2.75) is 24.4 Å². The Morgan fingerprint density at radius 2 is 1.54 bits per heavy atom. The summed E-state index contributed by atoms with van der Waals surface area (Å²) in [6.45, 7) is -0.384. The van der Waals surface area contributed by atoms with E-state index in [1.54, 1.807) is 24.3 Å². The summed E-state index contributed by atoms with van der Waals surface area (Å²) >= 11 is 0. The molecule has 0 fully saturated rings. The van der Waals surface area contributed by atoms with E-state index in [-0.39, 0.29) is 40.9 Å². The smallest absolute Gasteiger partial charge is 0.202 e. The molecule has 182 valence electrons. The molecule has 0 saturated heterocycles. The molecule has 0 unspecified atom stereocenters. The van der Waals surface area contributed by atoms with Crippen LogP contribution >= 0.6 is 0 Å². The van der Waals surface area contributed by atoms with Gasteiger partial charge in [-0.05, 0) is 29.8 Å². The van der Waals surface area contributed by atoms with Crippen molar-refractivity contribution in [1.82, 2.24) is 0 Å². The lowest BCUT2D eigenvalue weighted by Crippen LogP contribution is -2.37. The maximum atomic E-state index is 12.7. The summed E-state index contributed by atoms with van der Waals surface area (Å²) in [7, 11) is 1.42. The molecule has 0 aromatic heterocycles. The lowest BCUT2D eigenvalue weighted by atomic mass is 9.92. The third kappa shape index (κ3) is 3.82. The van der Waals surface area contributed by atoms with Gasteiger partial charge in [-0.25, -0.2) is 0 Å². The number of benzene rings is 3. The van der Waals surface area contributed by atoms with Crippen molar-refractivity contribution in [2.24, 2.45) is 0 Å². The molecule has 0 amide bonds. The molecule has 0 spiro atoms. The number of carbonyl (C=O) groups is 1. The number of rotatable bonds is 4. The lowest BCUT2D eigenvalue weighted by Gasteiger charge is -2.35. The first-order valence-electron chi connectivity index (χ1n) is 10.7. The summed E-state index contributed by atoms with van der Waals surface area (Å²) in [5.74, 6) is -0.789. The fourth-order valence-corrected chi connectivity index (χ4v) is 4.28. The van der Waals surface area contributed by atoms with Gasteiger partial charge >= 0.3 is 0 Å². The van der Waals surface area contributed by atoms with Crippen LogP contribution in [-0.4, -0.2) is 57.2 Å². The first-order valence-corrected chi connectivity index (χ1v) is 10.7. The third-order valence-electron chi connectivity index (χ3n) is 6.00. The second kappa shape index (κ2) is 8.57. The van der Waals surface area contributed by atoms with Crippen LogP contribution in [0.25, 0.3) is 0 Å². The van der Waals surface area contributed by atoms with Crippen LogP contribution in [0, 0.1) is 0 Å². The molecule has 35 heavy (non-hydrogen) atoms. The Bertz CT molecular complexity index is 1300. The second-order valence-electron chi connectivity index (χ2n) is 8.20. The van der Waals surface area contributed by atoms with Crippen molar-refractivity contribution in [3.05, 3.63) is 65.2 Å². The molecule has 2 aliphatic heterocycles.